The number of carbonyl (C=O) groups is 1. The van der Waals surface area contributed by atoms with Crippen LogP contribution < -0.4 is 19.5 Å². The zero-order valence-electron chi connectivity index (χ0n) is 12.8. The summed E-state index contributed by atoms with van der Waals surface area (Å²) in [6.45, 7) is 0. The summed E-state index contributed by atoms with van der Waals surface area (Å²) in [5.74, 6) is -1.95. The first-order valence-corrected chi connectivity index (χ1v) is 6.57. The van der Waals surface area contributed by atoms with Crippen LogP contribution in [0.5, 0.6) is 17.2 Å². The summed E-state index contributed by atoms with van der Waals surface area (Å²) in [7, 11) is 4.25. The highest BCUT2D eigenvalue weighted by Gasteiger charge is 2.18. The molecule has 0 fully saturated rings. The predicted octanol–water partition coefficient (Wildman–Crippen LogP) is 3.24. The van der Waals surface area contributed by atoms with Gasteiger partial charge in [-0.05, 0) is 24.3 Å². The van der Waals surface area contributed by atoms with Crippen LogP contribution in [-0.2, 0) is 0 Å². The largest absolute Gasteiger partial charge is 0.493 e. The van der Waals surface area contributed by atoms with Crippen molar-refractivity contribution in [2.45, 2.75) is 0 Å². The Morgan fingerprint density at radius 1 is 1.00 bits per heavy atom. The van der Waals surface area contributed by atoms with Crippen molar-refractivity contribution in [3.05, 3.63) is 47.5 Å². The number of ether oxygens (including phenoxy) is 3. The fourth-order valence-electron chi connectivity index (χ4n) is 2.01. The highest BCUT2D eigenvalue weighted by Crippen LogP contribution is 2.38. The first-order valence-electron chi connectivity index (χ1n) is 6.57. The number of anilines is 1. The quantitative estimate of drug-likeness (QED) is 0.918. The Kier molecular flexibility index (Phi) is 5.00. The van der Waals surface area contributed by atoms with Crippen molar-refractivity contribution in [3.63, 3.8) is 0 Å². The number of benzene rings is 2. The van der Waals surface area contributed by atoms with E-state index in [2.05, 4.69) is 5.32 Å². The van der Waals surface area contributed by atoms with Crippen LogP contribution in [0, 0.1) is 11.6 Å². The molecule has 2 rings (SSSR count). The third kappa shape index (κ3) is 3.33. The van der Waals surface area contributed by atoms with Gasteiger partial charge < -0.3 is 19.5 Å². The van der Waals surface area contributed by atoms with E-state index in [1.807, 2.05) is 0 Å². The molecule has 1 amide bonds. The number of methoxy groups -OCH3 is 3. The highest BCUT2D eigenvalue weighted by molar-refractivity contribution is 6.05. The molecule has 0 aromatic heterocycles. The topological polar surface area (TPSA) is 56.8 Å². The summed E-state index contributed by atoms with van der Waals surface area (Å²) < 4.78 is 42.3. The Balaban J connectivity index is 2.37. The summed E-state index contributed by atoms with van der Waals surface area (Å²) in [5.41, 5.74) is -0.119. The summed E-state index contributed by atoms with van der Waals surface area (Å²) in [6.07, 6.45) is 0. The average Bonchev–Trinajstić information content (AvgIpc) is 2.57. The number of carbonyl (C=O) groups excluding carboxylic acids is 1. The van der Waals surface area contributed by atoms with Crippen molar-refractivity contribution in [2.75, 3.05) is 26.6 Å². The van der Waals surface area contributed by atoms with Gasteiger partial charge in [0.2, 0.25) is 5.75 Å². The number of hydrogen-bond donors (Lipinski definition) is 1. The maximum atomic E-state index is 13.6. The van der Waals surface area contributed by atoms with Gasteiger partial charge in [-0.15, -0.1) is 0 Å². The van der Waals surface area contributed by atoms with E-state index in [9.17, 15) is 13.6 Å². The Labute approximate surface area is 131 Å². The van der Waals surface area contributed by atoms with Crippen LogP contribution in [0.25, 0.3) is 0 Å². The minimum Gasteiger partial charge on any atom is -0.493 e. The summed E-state index contributed by atoms with van der Waals surface area (Å²) in [5, 5.41) is 2.30. The van der Waals surface area contributed by atoms with Gasteiger partial charge in [0.25, 0.3) is 5.91 Å². The zero-order chi connectivity index (χ0) is 17.0. The van der Waals surface area contributed by atoms with Crippen LogP contribution in [0.3, 0.4) is 0 Å². The zero-order valence-corrected chi connectivity index (χ0v) is 12.8. The number of hydrogen-bond acceptors (Lipinski definition) is 4. The van der Waals surface area contributed by atoms with Crippen molar-refractivity contribution in [2.24, 2.45) is 0 Å². The molecule has 122 valence electrons. The van der Waals surface area contributed by atoms with Gasteiger partial charge in [-0.25, -0.2) is 8.78 Å². The normalized spacial score (nSPS) is 10.1. The molecule has 0 aliphatic heterocycles. The van der Waals surface area contributed by atoms with Crippen LogP contribution in [0.15, 0.2) is 30.3 Å². The van der Waals surface area contributed by atoms with Crippen LogP contribution in [0.2, 0.25) is 0 Å². The lowest BCUT2D eigenvalue weighted by molar-refractivity contribution is 0.102. The van der Waals surface area contributed by atoms with E-state index in [-0.39, 0.29) is 22.7 Å². The molecule has 0 aliphatic rings. The van der Waals surface area contributed by atoms with E-state index < -0.39 is 17.5 Å². The van der Waals surface area contributed by atoms with E-state index in [0.717, 1.165) is 6.07 Å². The fraction of sp³-hybridized carbons (Fsp3) is 0.188. The van der Waals surface area contributed by atoms with E-state index in [0.29, 0.717) is 5.75 Å². The van der Waals surface area contributed by atoms with E-state index in [4.69, 9.17) is 14.2 Å². The maximum Gasteiger partial charge on any atom is 0.256 e. The molecule has 0 bridgehead atoms. The molecule has 0 saturated carbocycles. The molecule has 0 aliphatic carbocycles. The van der Waals surface area contributed by atoms with Crippen molar-refractivity contribution in [1.29, 1.82) is 0 Å². The average molecular weight is 323 g/mol. The molecule has 0 unspecified atom stereocenters. The molecule has 0 radical (unpaired) electrons. The smallest absolute Gasteiger partial charge is 0.256 e. The highest BCUT2D eigenvalue weighted by atomic mass is 19.2. The lowest BCUT2D eigenvalue weighted by atomic mass is 10.1. The minimum absolute atomic E-state index is 0.142. The van der Waals surface area contributed by atoms with E-state index >= 15 is 0 Å². The van der Waals surface area contributed by atoms with Crippen molar-refractivity contribution < 1.29 is 27.8 Å². The minimum atomic E-state index is -1.13. The summed E-state index contributed by atoms with van der Waals surface area (Å²) in [6, 6.07) is 6.34. The second-order valence-electron chi connectivity index (χ2n) is 4.47. The van der Waals surface area contributed by atoms with Crippen LogP contribution in [0.1, 0.15) is 10.4 Å². The second kappa shape index (κ2) is 6.95. The second-order valence-corrected chi connectivity index (χ2v) is 4.47. The van der Waals surface area contributed by atoms with Crippen molar-refractivity contribution in [1.82, 2.24) is 0 Å². The van der Waals surface area contributed by atoms with Crippen LogP contribution in [-0.4, -0.2) is 27.2 Å². The Morgan fingerprint density at radius 3 is 2.13 bits per heavy atom. The molecule has 5 nitrogen and oxygen atoms in total. The first kappa shape index (κ1) is 16.5. The number of amides is 1. The Hall–Kier alpha value is -2.83. The van der Waals surface area contributed by atoms with Crippen molar-refractivity contribution >= 4 is 11.6 Å². The molecule has 0 spiro atoms. The first-order chi connectivity index (χ1) is 11.0. The number of halogens is 2. The molecular weight excluding hydrogens is 308 g/mol. The number of rotatable bonds is 5. The van der Waals surface area contributed by atoms with Gasteiger partial charge in [0.1, 0.15) is 0 Å². The maximum absolute atomic E-state index is 13.6. The van der Waals surface area contributed by atoms with Gasteiger partial charge in [-0.1, -0.05) is 6.07 Å². The number of nitrogens with one attached hydrogen (secondary N) is 1. The molecule has 2 aromatic rings. The third-order valence-corrected chi connectivity index (χ3v) is 3.13. The summed E-state index contributed by atoms with van der Waals surface area (Å²) in [4.78, 5) is 12.3. The Morgan fingerprint density at radius 2 is 1.61 bits per heavy atom. The molecule has 23 heavy (non-hydrogen) atoms. The standard InChI is InChI=1S/C16H15F2NO4/c1-21-12-7-9(8-13(22-2)15(12)23-3)16(20)19-11-6-4-5-10(17)14(11)18/h4-8H,1-3H3,(H,19,20). The van der Waals surface area contributed by atoms with Crippen molar-refractivity contribution in [3.8, 4) is 17.2 Å². The molecule has 0 heterocycles. The van der Waals surface area contributed by atoms with E-state index in [1.54, 1.807) is 0 Å². The monoisotopic (exact) mass is 323 g/mol. The van der Waals surface area contributed by atoms with Gasteiger partial charge >= 0.3 is 0 Å². The lowest BCUT2D eigenvalue weighted by Crippen LogP contribution is -2.14. The summed E-state index contributed by atoms with van der Waals surface area (Å²) >= 11 is 0. The predicted molar refractivity (Wildman–Crippen MR) is 80.4 cm³/mol. The molecule has 0 atom stereocenters. The molecular formula is C16H15F2NO4. The van der Waals surface area contributed by atoms with Crippen LogP contribution >= 0.6 is 0 Å². The SMILES string of the molecule is COc1cc(C(=O)Nc2cccc(F)c2F)cc(OC)c1OC. The van der Waals surface area contributed by atoms with Gasteiger partial charge in [-0.3, -0.25) is 4.79 Å². The lowest BCUT2D eigenvalue weighted by Gasteiger charge is -2.14. The molecule has 1 N–H and O–H groups in total. The fourth-order valence-corrected chi connectivity index (χ4v) is 2.01. The third-order valence-electron chi connectivity index (χ3n) is 3.13. The van der Waals surface area contributed by atoms with Gasteiger partial charge in [-0.2, -0.15) is 0 Å². The molecule has 2 aromatic carbocycles. The molecule has 0 saturated heterocycles. The van der Waals surface area contributed by atoms with Crippen LogP contribution in [0.4, 0.5) is 14.5 Å². The molecule has 7 heteroatoms. The van der Waals surface area contributed by atoms with Gasteiger partial charge in [0, 0.05) is 5.56 Å². The van der Waals surface area contributed by atoms with Gasteiger partial charge in [0.05, 0.1) is 27.0 Å². The van der Waals surface area contributed by atoms with E-state index in [1.165, 1.54) is 45.6 Å². The Bertz CT molecular complexity index is 709. The van der Waals surface area contributed by atoms with Gasteiger partial charge in [0.15, 0.2) is 23.1 Å².